The van der Waals surface area contributed by atoms with E-state index < -0.39 is 0 Å². The normalized spacial score (nSPS) is 12.7. The lowest BCUT2D eigenvalue weighted by Crippen LogP contribution is -2.30. The van der Waals surface area contributed by atoms with Gasteiger partial charge in [-0.1, -0.05) is 34.1 Å². The lowest BCUT2D eigenvalue weighted by atomic mass is 10.0. The van der Waals surface area contributed by atoms with Crippen LogP contribution in [0.5, 0.6) is 0 Å². The third kappa shape index (κ3) is 4.13. The Morgan fingerprint density at radius 1 is 1.24 bits per heavy atom. The van der Waals surface area contributed by atoms with Crippen molar-refractivity contribution in [3.63, 3.8) is 0 Å². The fraction of sp³-hybridized carbons (Fsp3) is 0.353. The minimum Gasteiger partial charge on any atom is -0.329 e. The number of nitrogens with zero attached hydrogens (tertiary/aromatic N) is 2. The number of halogens is 1. The highest BCUT2D eigenvalue weighted by Crippen LogP contribution is 2.28. The molecule has 21 heavy (non-hydrogen) atoms. The average Bonchev–Trinajstić information content (AvgIpc) is 2.42. The molecule has 0 saturated heterocycles. The summed E-state index contributed by atoms with van der Waals surface area (Å²) < 4.78 is 1.11. The molecule has 1 aromatic carbocycles. The molecule has 1 atom stereocenters. The molecule has 0 radical (unpaired) electrons. The first-order valence-corrected chi connectivity index (χ1v) is 7.89. The van der Waals surface area contributed by atoms with E-state index in [0.29, 0.717) is 6.54 Å². The second kappa shape index (κ2) is 7.16. The van der Waals surface area contributed by atoms with Gasteiger partial charge in [-0.15, -0.1) is 0 Å². The van der Waals surface area contributed by atoms with Gasteiger partial charge in [-0.05, 0) is 50.2 Å². The first kappa shape index (κ1) is 16.1. The number of pyridine rings is 1. The van der Waals surface area contributed by atoms with Crippen LogP contribution in [-0.2, 0) is 6.54 Å². The van der Waals surface area contributed by atoms with Crippen molar-refractivity contribution in [3.8, 4) is 0 Å². The molecule has 1 unspecified atom stereocenters. The molecule has 1 heterocycles. The minimum atomic E-state index is 0.169. The van der Waals surface area contributed by atoms with Gasteiger partial charge in [0.2, 0.25) is 0 Å². The zero-order valence-corrected chi connectivity index (χ0v) is 14.4. The lowest BCUT2D eigenvalue weighted by Gasteiger charge is -2.28. The van der Waals surface area contributed by atoms with Gasteiger partial charge in [-0.25, -0.2) is 0 Å². The molecule has 2 rings (SSSR count). The van der Waals surface area contributed by atoms with Crippen LogP contribution in [0.25, 0.3) is 0 Å². The van der Waals surface area contributed by atoms with Gasteiger partial charge >= 0.3 is 0 Å². The SMILES string of the molecule is Cc1ccc(C(CN)N(C)Cc2cccc(C)n2)c(Br)c1. The molecule has 0 aliphatic rings. The molecule has 3 nitrogen and oxygen atoms in total. The number of hydrogen-bond acceptors (Lipinski definition) is 3. The molecule has 1 aromatic heterocycles. The summed E-state index contributed by atoms with van der Waals surface area (Å²) in [4.78, 5) is 6.81. The molecule has 0 spiro atoms. The second-order valence-corrected chi connectivity index (χ2v) is 6.32. The van der Waals surface area contributed by atoms with Crippen molar-refractivity contribution in [2.75, 3.05) is 13.6 Å². The average molecular weight is 348 g/mol. The van der Waals surface area contributed by atoms with Gasteiger partial charge in [0.25, 0.3) is 0 Å². The molecule has 0 aliphatic heterocycles. The van der Waals surface area contributed by atoms with Crippen LogP contribution in [0, 0.1) is 13.8 Å². The standard InChI is InChI=1S/C17H22BrN3/c1-12-7-8-15(16(18)9-12)17(10-19)21(3)11-14-6-4-5-13(2)20-14/h4-9,17H,10-11,19H2,1-3H3. The van der Waals surface area contributed by atoms with E-state index in [2.05, 4.69) is 64.1 Å². The Morgan fingerprint density at radius 3 is 2.62 bits per heavy atom. The molecular formula is C17H22BrN3. The van der Waals surface area contributed by atoms with Crippen LogP contribution < -0.4 is 5.73 Å². The zero-order valence-electron chi connectivity index (χ0n) is 12.8. The number of aromatic nitrogens is 1. The van der Waals surface area contributed by atoms with Crippen LogP contribution in [0.1, 0.15) is 28.6 Å². The molecule has 0 bridgehead atoms. The van der Waals surface area contributed by atoms with E-state index in [1.807, 2.05) is 19.1 Å². The highest BCUT2D eigenvalue weighted by Gasteiger charge is 2.18. The van der Waals surface area contributed by atoms with E-state index in [0.717, 1.165) is 22.4 Å². The van der Waals surface area contributed by atoms with E-state index in [1.165, 1.54) is 11.1 Å². The van der Waals surface area contributed by atoms with Crippen LogP contribution in [0.2, 0.25) is 0 Å². The summed E-state index contributed by atoms with van der Waals surface area (Å²) in [5, 5.41) is 0. The minimum absolute atomic E-state index is 0.169. The Balaban J connectivity index is 2.20. The smallest absolute Gasteiger partial charge is 0.0547 e. The fourth-order valence-electron chi connectivity index (χ4n) is 2.50. The Bertz CT molecular complexity index is 613. The maximum Gasteiger partial charge on any atom is 0.0547 e. The number of aryl methyl sites for hydroxylation is 2. The molecule has 2 aromatic rings. The van der Waals surface area contributed by atoms with Crippen LogP contribution in [0.15, 0.2) is 40.9 Å². The third-order valence-corrected chi connectivity index (χ3v) is 4.31. The van der Waals surface area contributed by atoms with Crippen molar-refractivity contribution in [1.29, 1.82) is 0 Å². The second-order valence-electron chi connectivity index (χ2n) is 5.46. The monoisotopic (exact) mass is 347 g/mol. The Morgan fingerprint density at radius 2 is 2.00 bits per heavy atom. The van der Waals surface area contributed by atoms with E-state index in [9.17, 15) is 0 Å². The Labute approximate surface area is 135 Å². The molecule has 112 valence electrons. The van der Waals surface area contributed by atoms with Gasteiger partial charge < -0.3 is 5.73 Å². The number of likely N-dealkylation sites (N-methyl/N-ethyl adjacent to an activating group) is 1. The number of rotatable bonds is 5. The summed E-state index contributed by atoms with van der Waals surface area (Å²) in [5.41, 5.74) is 10.6. The van der Waals surface area contributed by atoms with Crippen molar-refractivity contribution in [2.45, 2.75) is 26.4 Å². The van der Waals surface area contributed by atoms with Gasteiger partial charge in [0.15, 0.2) is 0 Å². The number of hydrogen-bond donors (Lipinski definition) is 1. The third-order valence-electron chi connectivity index (χ3n) is 3.63. The predicted octanol–water partition coefficient (Wildman–Crippen LogP) is 3.59. The van der Waals surface area contributed by atoms with Gasteiger partial charge in [0.1, 0.15) is 0 Å². The van der Waals surface area contributed by atoms with Crippen molar-refractivity contribution < 1.29 is 0 Å². The van der Waals surface area contributed by atoms with E-state index in [4.69, 9.17) is 5.73 Å². The largest absolute Gasteiger partial charge is 0.329 e. The van der Waals surface area contributed by atoms with Crippen molar-refractivity contribution in [3.05, 3.63) is 63.4 Å². The van der Waals surface area contributed by atoms with Crippen LogP contribution in [0.3, 0.4) is 0 Å². The van der Waals surface area contributed by atoms with Crippen LogP contribution in [-0.4, -0.2) is 23.5 Å². The maximum atomic E-state index is 6.01. The summed E-state index contributed by atoms with van der Waals surface area (Å²) in [6.07, 6.45) is 0. The summed E-state index contributed by atoms with van der Waals surface area (Å²) >= 11 is 3.66. The van der Waals surface area contributed by atoms with Gasteiger partial charge in [-0.3, -0.25) is 9.88 Å². The topological polar surface area (TPSA) is 42.1 Å². The number of benzene rings is 1. The highest BCUT2D eigenvalue weighted by atomic mass is 79.9. The first-order chi connectivity index (χ1) is 10.0. The molecule has 4 heteroatoms. The lowest BCUT2D eigenvalue weighted by molar-refractivity contribution is 0.238. The first-order valence-electron chi connectivity index (χ1n) is 7.10. The zero-order chi connectivity index (χ0) is 15.4. The molecule has 2 N–H and O–H groups in total. The summed E-state index contributed by atoms with van der Waals surface area (Å²) in [6.45, 7) is 5.46. The molecule has 0 fully saturated rings. The van der Waals surface area contributed by atoms with Gasteiger partial charge in [0.05, 0.1) is 5.69 Å². The number of nitrogens with two attached hydrogens (primary N) is 1. The van der Waals surface area contributed by atoms with Crippen LogP contribution in [0.4, 0.5) is 0 Å². The predicted molar refractivity (Wildman–Crippen MR) is 91.1 cm³/mol. The van der Waals surface area contributed by atoms with E-state index in [-0.39, 0.29) is 6.04 Å². The van der Waals surface area contributed by atoms with Gasteiger partial charge in [0, 0.05) is 29.3 Å². The Hall–Kier alpha value is -1.23. The van der Waals surface area contributed by atoms with Crippen molar-refractivity contribution in [1.82, 2.24) is 9.88 Å². The summed E-state index contributed by atoms with van der Waals surface area (Å²) in [5.74, 6) is 0. The molecule has 0 aliphatic carbocycles. The van der Waals surface area contributed by atoms with E-state index in [1.54, 1.807) is 0 Å². The summed E-state index contributed by atoms with van der Waals surface area (Å²) in [7, 11) is 2.09. The quantitative estimate of drug-likeness (QED) is 0.898. The van der Waals surface area contributed by atoms with Crippen molar-refractivity contribution >= 4 is 15.9 Å². The highest BCUT2D eigenvalue weighted by molar-refractivity contribution is 9.10. The molecule has 0 amide bonds. The van der Waals surface area contributed by atoms with Crippen LogP contribution >= 0.6 is 15.9 Å². The fourth-order valence-corrected chi connectivity index (χ4v) is 3.26. The maximum absolute atomic E-state index is 6.01. The molecular weight excluding hydrogens is 326 g/mol. The van der Waals surface area contributed by atoms with E-state index >= 15 is 0 Å². The van der Waals surface area contributed by atoms with Gasteiger partial charge in [-0.2, -0.15) is 0 Å². The molecule has 0 saturated carbocycles. The van der Waals surface area contributed by atoms with Crippen molar-refractivity contribution in [2.24, 2.45) is 5.73 Å². The Kier molecular flexibility index (Phi) is 5.51. The summed E-state index contributed by atoms with van der Waals surface area (Å²) in [6, 6.07) is 12.7.